The quantitative estimate of drug-likeness (QED) is 0.842. The number of anilines is 1. The molecule has 0 spiro atoms. The fraction of sp³-hybridized carbons (Fsp3) is 0.467. The monoisotopic (exact) mass is 310 g/mol. The second-order valence-corrected chi connectivity index (χ2v) is 5.89. The summed E-state index contributed by atoms with van der Waals surface area (Å²) in [5.74, 6) is -0.588. The first kappa shape index (κ1) is 15.8. The number of ether oxygens (including phenoxy) is 1. The number of amides is 1. The first-order valence-corrected chi connectivity index (χ1v) is 7.24. The normalized spacial score (nSPS) is 21.7. The maximum absolute atomic E-state index is 12.4. The third-order valence-corrected chi connectivity index (χ3v) is 4.10. The van der Waals surface area contributed by atoms with Crippen molar-refractivity contribution in [1.29, 1.82) is 0 Å². The first-order valence-electron chi connectivity index (χ1n) is 6.86. The van der Waals surface area contributed by atoms with Gasteiger partial charge in [0.05, 0.1) is 23.1 Å². The summed E-state index contributed by atoms with van der Waals surface area (Å²) in [6.07, 6.45) is 1.81. The molecule has 1 unspecified atom stereocenters. The molecule has 114 valence electrons. The highest BCUT2D eigenvalue weighted by Gasteiger charge is 2.34. The molecular formula is C15H19ClN2O3. The van der Waals surface area contributed by atoms with Crippen LogP contribution in [0, 0.1) is 5.41 Å². The summed E-state index contributed by atoms with van der Waals surface area (Å²) < 4.78 is 4.67. The van der Waals surface area contributed by atoms with Gasteiger partial charge in [-0.25, -0.2) is 4.79 Å². The largest absolute Gasteiger partial charge is 0.465 e. The molecule has 1 aliphatic heterocycles. The lowest BCUT2D eigenvalue weighted by atomic mass is 9.82. The number of piperidine rings is 1. The lowest BCUT2D eigenvalue weighted by Gasteiger charge is -2.32. The van der Waals surface area contributed by atoms with Crippen molar-refractivity contribution in [3.05, 3.63) is 28.8 Å². The van der Waals surface area contributed by atoms with Gasteiger partial charge in [-0.1, -0.05) is 11.6 Å². The zero-order valence-electron chi connectivity index (χ0n) is 12.2. The molecule has 0 saturated carbocycles. The molecule has 1 atom stereocenters. The average molecular weight is 311 g/mol. The molecule has 1 aliphatic rings. The summed E-state index contributed by atoms with van der Waals surface area (Å²) in [5, 5.41) is 6.38. The van der Waals surface area contributed by atoms with E-state index in [4.69, 9.17) is 11.6 Å². The molecule has 0 aliphatic carbocycles. The van der Waals surface area contributed by atoms with E-state index in [-0.39, 0.29) is 11.5 Å². The second kappa shape index (κ2) is 6.45. The molecule has 1 heterocycles. The molecule has 1 fully saturated rings. The minimum Gasteiger partial charge on any atom is -0.465 e. The van der Waals surface area contributed by atoms with Gasteiger partial charge in [0.15, 0.2) is 0 Å². The topological polar surface area (TPSA) is 67.4 Å². The van der Waals surface area contributed by atoms with Crippen molar-refractivity contribution < 1.29 is 14.3 Å². The summed E-state index contributed by atoms with van der Waals surface area (Å²) in [4.78, 5) is 24.0. The Morgan fingerprint density at radius 2 is 2.19 bits per heavy atom. The van der Waals surface area contributed by atoms with Crippen molar-refractivity contribution in [1.82, 2.24) is 5.32 Å². The van der Waals surface area contributed by atoms with E-state index in [9.17, 15) is 9.59 Å². The van der Waals surface area contributed by atoms with Gasteiger partial charge in [-0.3, -0.25) is 4.79 Å². The van der Waals surface area contributed by atoms with Crippen molar-refractivity contribution in [2.75, 3.05) is 25.5 Å². The van der Waals surface area contributed by atoms with Gasteiger partial charge in [-0.05, 0) is 44.5 Å². The Balaban J connectivity index is 2.16. The van der Waals surface area contributed by atoms with E-state index in [0.29, 0.717) is 17.3 Å². The van der Waals surface area contributed by atoms with Gasteiger partial charge in [-0.15, -0.1) is 0 Å². The summed E-state index contributed by atoms with van der Waals surface area (Å²) in [5.41, 5.74) is 0.337. The smallest absolute Gasteiger partial charge is 0.339 e. The van der Waals surface area contributed by atoms with Gasteiger partial charge >= 0.3 is 5.97 Å². The minimum atomic E-state index is -0.526. The molecule has 2 rings (SSSR count). The molecule has 0 aromatic heterocycles. The van der Waals surface area contributed by atoms with Crippen molar-refractivity contribution in [3.63, 3.8) is 0 Å². The van der Waals surface area contributed by atoms with Crippen LogP contribution in [0.2, 0.25) is 5.02 Å². The zero-order chi connectivity index (χ0) is 15.5. The summed E-state index contributed by atoms with van der Waals surface area (Å²) >= 11 is 5.96. The fourth-order valence-corrected chi connectivity index (χ4v) is 2.60. The number of esters is 1. The molecule has 0 bridgehead atoms. The van der Waals surface area contributed by atoms with E-state index in [2.05, 4.69) is 15.4 Å². The van der Waals surface area contributed by atoms with Crippen molar-refractivity contribution in [3.8, 4) is 0 Å². The lowest BCUT2D eigenvalue weighted by Crippen LogP contribution is -2.46. The second-order valence-electron chi connectivity index (χ2n) is 5.48. The van der Waals surface area contributed by atoms with E-state index in [0.717, 1.165) is 19.4 Å². The van der Waals surface area contributed by atoms with Gasteiger partial charge < -0.3 is 15.4 Å². The molecule has 1 amide bonds. The summed E-state index contributed by atoms with van der Waals surface area (Å²) in [6.45, 7) is 3.53. The van der Waals surface area contributed by atoms with Crippen LogP contribution in [0.1, 0.15) is 30.1 Å². The van der Waals surface area contributed by atoms with Gasteiger partial charge in [0, 0.05) is 12.2 Å². The maximum Gasteiger partial charge on any atom is 0.339 e. The number of methoxy groups -OCH3 is 1. The van der Waals surface area contributed by atoms with Crippen LogP contribution in [0.4, 0.5) is 5.69 Å². The molecule has 6 heteroatoms. The molecule has 1 saturated heterocycles. The Hall–Kier alpha value is -1.59. The molecule has 0 radical (unpaired) electrons. The van der Waals surface area contributed by atoms with E-state index < -0.39 is 11.4 Å². The SMILES string of the molecule is COC(=O)c1cc(NC(=O)C2(C)CCCNC2)ccc1Cl. The van der Waals surface area contributed by atoms with E-state index in [1.165, 1.54) is 13.2 Å². The molecular weight excluding hydrogens is 292 g/mol. The Bertz CT molecular complexity index is 554. The highest BCUT2D eigenvalue weighted by atomic mass is 35.5. The Morgan fingerprint density at radius 3 is 2.81 bits per heavy atom. The van der Waals surface area contributed by atoms with Crippen LogP contribution in [0.3, 0.4) is 0 Å². The number of hydrogen-bond acceptors (Lipinski definition) is 4. The van der Waals surface area contributed by atoms with E-state index in [1.807, 2.05) is 6.92 Å². The molecule has 1 aromatic carbocycles. The van der Waals surface area contributed by atoms with Gasteiger partial charge in [-0.2, -0.15) is 0 Å². The molecule has 2 N–H and O–H groups in total. The molecule has 21 heavy (non-hydrogen) atoms. The number of benzene rings is 1. The number of nitrogens with one attached hydrogen (secondary N) is 2. The van der Waals surface area contributed by atoms with Crippen LogP contribution >= 0.6 is 11.6 Å². The predicted molar refractivity (Wildman–Crippen MR) is 81.6 cm³/mol. The highest BCUT2D eigenvalue weighted by molar-refractivity contribution is 6.33. The van der Waals surface area contributed by atoms with E-state index in [1.54, 1.807) is 12.1 Å². The van der Waals surface area contributed by atoms with Crippen LogP contribution in [0.5, 0.6) is 0 Å². The summed E-state index contributed by atoms with van der Waals surface area (Å²) in [6, 6.07) is 4.78. The number of carbonyl (C=O) groups excluding carboxylic acids is 2. The van der Waals surface area contributed by atoms with Crippen molar-refractivity contribution in [2.24, 2.45) is 5.41 Å². The zero-order valence-corrected chi connectivity index (χ0v) is 12.9. The Labute approximate surface area is 129 Å². The first-order chi connectivity index (χ1) is 9.96. The highest BCUT2D eigenvalue weighted by Crippen LogP contribution is 2.28. The molecule has 1 aromatic rings. The van der Waals surface area contributed by atoms with Gasteiger partial charge in [0.25, 0.3) is 0 Å². The minimum absolute atomic E-state index is 0.0622. The van der Waals surface area contributed by atoms with Gasteiger partial charge in [0.1, 0.15) is 0 Å². The number of hydrogen-bond donors (Lipinski definition) is 2. The predicted octanol–water partition coefficient (Wildman–Crippen LogP) is 2.45. The van der Waals surface area contributed by atoms with Crippen LogP contribution in [0.15, 0.2) is 18.2 Å². The fourth-order valence-electron chi connectivity index (χ4n) is 2.40. The maximum atomic E-state index is 12.4. The number of halogens is 1. The lowest BCUT2D eigenvalue weighted by molar-refractivity contribution is -0.125. The Morgan fingerprint density at radius 1 is 1.43 bits per heavy atom. The third-order valence-electron chi connectivity index (χ3n) is 3.77. The summed E-state index contributed by atoms with van der Waals surface area (Å²) in [7, 11) is 1.29. The number of carbonyl (C=O) groups is 2. The van der Waals surface area contributed by atoms with Gasteiger partial charge in [0.2, 0.25) is 5.91 Å². The van der Waals surface area contributed by atoms with E-state index >= 15 is 0 Å². The Kier molecular flexibility index (Phi) is 4.85. The number of rotatable bonds is 3. The van der Waals surface area contributed by atoms with Crippen LogP contribution in [-0.2, 0) is 9.53 Å². The van der Waals surface area contributed by atoms with Crippen LogP contribution in [0.25, 0.3) is 0 Å². The van der Waals surface area contributed by atoms with Crippen LogP contribution in [-0.4, -0.2) is 32.1 Å². The standard InChI is InChI=1S/C15H19ClN2O3/c1-15(6-3-7-17-9-15)14(20)18-10-4-5-12(16)11(8-10)13(19)21-2/h4-5,8,17H,3,6-7,9H2,1-2H3,(H,18,20). The van der Waals surface area contributed by atoms with Crippen molar-refractivity contribution >= 4 is 29.2 Å². The average Bonchev–Trinajstić information content (AvgIpc) is 2.49. The van der Waals surface area contributed by atoms with Crippen molar-refractivity contribution in [2.45, 2.75) is 19.8 Å². The van der Waals surface area contributed by atoms with Crippen LogP contribution < -0.4 is 10.6 Å². The third kappa shape index (κ3) is 3.54. The molecule has 5 nitrogen and oxygen atoms in total.